The average Bonchev–Trinajstić information content (AvgIpc) is 2.96. The first kappa shape index (κ1) is 17.6. The summed E-state index contributed by atoms with van der Waals surface area (Å²) in [7, 11) is 0. The Hall–Kier alpha value is -2.17. The topological polar surface area (TPSA) is 69.7 Å². The second-order valence-corrected chi connectivity index (χ2v) is 7.31. The Morgan fingerprint density at radius 3 is 2.64 bits per heavy atom. The lowest BCUT2D eigenvalue weighted by Gasteiger charge is -2.29. The lowest BCUT2D eigenvalue weighted by Crippen LogP contribution is -2.38. The number of ether oxygens (including phenoxy) is 2. The summed E-state index contributed by atoms with van der Waals surface area (Å²) in [5, 5.41) is 0. The van der Waals surface area contributed by atoms with Crippen molar-refractivity contribution in [3.8, 4) is 0 Å². The van der Waals surface area contributed by atoms with Crippen LogP contribution >= 0.6 is 0 Å². The summed E-state index contributed by atoms with van der Waals surface area (Å²) in [4.78, 5) is 37.0. The highest BCUT2D eigenvalue weighted by Crippen LogP contribution is 2.48. The van der Waals surface area contributed by atoms with Gasteiger partial charge in [-0.3, -0.25) is 9.59 Å². The number of allylic oxidation sites excluding steroid dienone is 2. The van der Waals surface area contributed by atoms with Crippen molar-refractivity contribution in [2.75, 3.05) is 0 Å². The molecule has 1 heterocycles. The highest BCUT2D eigenvalue weighted by Gasteiger charge is 2.55. The Labute approximate surface area is 147 Å². The molecule has 0 N–H and O–H groups in total. The van der Waals surface area contributed by atoms with E-state index in [1.54, 1.807) is 26.0 Å². The minimum Gasteiger partial charge on any atom is -0.461 e. The average molecular weight is 344 g/mol. The van der Waals surface area contributed by atoms with Gasteiger partial charge in [0.2, 0.25) is 0 Å². The molecule has 2 aliphatic carbocycles. The van der Waals surface area contributed by atoms with Crippen LogP contribution in [0, 0.1) is 17.8 Å². The fourth-order valence-corrected chi connectivity index (χ4v) is 4.26. The van der Waals surface area contributed by atoms with Crippen LogP contribution in [0.4, 0.5) is 0 Å². The van der Waals surface area contributed by atoms with E-state index in [9.17, 15) is 14.4 Å². The molecule has 0 spiro atoms. The predicted octanol–water partition coefficient (Wildman–Crippen LogP) is 2.91. The van der Waals surface area contributed by atoms with E-state index in [0.29, 0.717) is 17.6 Å². The number of carbonyl (C=O) groups excluding carboxylic acids is 3. The number of rotatable bonds is 2. The molecule has 1 saturated heterocycles. The fraction of sp³-hybridized carbons (Fsp3) is 0.550. The third kappa shape index (κ3) is 2.75. The Balaban J connectivity index is 2.02. The van der Waals surface area contributed by atoms with Crippen LogP contribution in [-0.4, -0.2) is 29.9 Å². The van der Waals surface area contributed by atoms with Crippen LogP contribution in [0.1, 0.15) is 41.0 Å². The number of hydrogen-bond acceptors (Lipinski definition) is 5. The number of fused-ring (bicyclic) bond motifs is 3. The molecular weight excluding hydrogens is 320 g/mol. The molecule has 3 rings (SSSR count). The van der Waals surface area contributed by atoms with E-state index in [-0.39, 0.29) is 35.5 Å². The molecule has 0 aromatic carbocycles. The summed E-state index contributed by atoms with van der Waals surface area (Å²) in [6.45, 7) is 9.09. The van der Waals surface area contributed by atoms with Gasteiger partial charge in [-0.1, -0.05) is 24.1 Å². The zero-order chi connectivity index (χ0) is 18.5. The second kappa shape index (κ2) is 6.28. The van der Waals surface area contributed by atoms with E-state index in [1.807, 2.05) is 20.8 Å². The maximum Gasteiger partial charge on any atom is 0.333 e. The van der Waals surface area contributed by atoms with E-state index in [0.717, 1.165) is 11.1 Å². The summed E-state index contributed by atoms with van der Waals surface area (Å²) in [5.41, 5.74) is 3.05. The first-order chi connectivity index (χ1) is 11.8. The fourth-order valence-electron chi connectivity index (χ4n) is 4.26. The molecule has 1 fully saturated rings. The summed E-state index contributed by atoms with van der Waals surface area (Å²) in [5.74, 6) is -1.55. The third-order valence-electron chi connectivity index (χ3n) is 5.74. The van der Waals surface area contributed by atoms with Crippen molar-refractivity contribution in [3.05, 3.63) is 34.4 Å². The van der Waals surface area contributed by atoms with Gasteiger partial charge in [0.1, 0.15) is 12.2 Å². The molecule has 134 valence electrons. The molecule has 0 radical (unpaired) electrons. The van der Waals surface area contributed by atoms with Crippen LogP contribution in [0.2, 0.25) is 0 Å². The molecule has 3 aliphatic rings. The molecule has 5 nitrogen and oxygen atoms in total. The van der Waals surface area contributed by atoms with Crippen LogP contribution in [-0.2, 0) is 23.9 Å². The van der Waals surface area contributed by atoms with Gasteiger partial charge in [-0.25, -0.2) is 4.79 Å². The van der Waals surface area contributed by atoms with Crippen molar-refractivity contribution in [3.63, 3.8) is 0 Å². The van der Waals surface area contributed by atoms with Gasteiger partial charge in [0, 0.05) is 29.4 Å². The minimum absolute atomic E-state index is 0.0223. The SMILES string of the molecule is C/C=C(/C)C(=O)O[C@H]1CC(C)=C2C(=O)C=C(C)[C@H]2[C@@H]2OC(=O)[C@@H](C)[C@@H]21. The molecule has 0 aromatic rings. The van der Waals surface area contributed by atoms with Crippen molar-refractivity contribution >= 4 is 17.7 Å². The lowest BCUT2D eigenvalue weighted by molar-refractivity contribution is -0.148. The number of hydrogen-bond donors (Lipinski definition) is 0. The van der Waals surface area contributed by atoms with E-state index in [1.165, 1.54) is 0 Å². The molecule has 5 heteroatoms. The van der Waals surface area contributed by atoms with Gasteiger partial charge in [0.25, 0.3) is 0 Å². The van der Waals surface area contributed by atoms with E-state index >= 15 is 0 Å². The normalized spacial score (nSPS) is 35.0. The smallest absolute Gasteiger partial charge is 0.333 e. The molecular formula is C20H24O5. The summed E-state index contributed by atoms with van der Waals surface area (Å²) in [6.07, 6.45) is 2.85. The summed E-state index contributed by atoms with van der Waals surface area (Å²) in [6, 6.07) is 0. The van der Waals surface area contributed by atoms with Crippen molar-refractivity contribution in [1.82, 2.24) is 0 Å². The quantitative estimate of drug-likeness (QED) is 0.569. The highest BCUT2D eigenvalue weighted by molar-refractivity contribution is 6.09. The van der Waals surface area contributed by atoms with Gasteiger partial charge in [-0.15, -0.1) is 0 Å². The Morgan fingerprint density at radius 1 is 1.32 bits per heavy atom. The molecule has 1 aliphatic heterocycles. The first-order valence-electron chi connectivity index (χ1n) is 8.72. The van der Waals surface area contributed by atoms with Crippen LogP contribution in [0.15, 0.2) is 34.4 Å². The van der Waals surface area contributed by atoms with E-state index in [2.05, 4.69) is 0 Å². The molecule has 0 aromatic heterocycles. The Bertz CT molecular complexity index is 739. The van der Waals surface area contributed by atoms with Crippen molar-refractivity contribution < 1.29 is 23.9 Å². The van der Waals surface area contributed by atoms with Gasteiger partial charge in [0.05, 0.1) is 5.92 Å². The molecule has 0 unspecified atom stereocenters. The molecule has 0 bridgehead atoms. The number of esters is 2. The Kier molecular flexibility index (Phi) is 4.43. The van der Waals surface area contributed by atoms with Gasteiger partial charge >= 0.3 is 11.9 Å². The van der Waals surface area contributed by atoms with Crippen LogP contribution in [0.5, 0.6) is 0 Å². The van der Waals surface area contributed by atoms with Gasteiger partial charge in [-0.2, -0.15) is 0 Å². The third-order valence-corrected chi connectivity index (χ3v) is 5.74. The predicted molar refractivity (Wildman–Crippen MR) is 91.4 cm³/mol. The highest BCUT2D eigenvalue weighted by atomic mass is 16.6. The standard InChI is InChI=1S/C20H24O5/c1-6-9(2)19(22)24-14-8-11(4)15-13(21)7-10(3)16(15)18-17(14)12(5)20(23)25-18/h6-7,12,14,16-18H,8H2,1-5H3/b9-6-/t12-,14-,16+,17+,18-/m0/s1. The van der Waals surface area contributed by atoms with Gasteiger partial charge in [0.15, 0.2) is 5.78 Å². The van der Waals surface area contributed by atoms with E-state index < -0.39 is 12.2 Å². The molecule has 25 heavy (non-hydrogen) atoms. The van der Waals surface area contributed by atoms with Crippen LogP contribution < -0.4 is 0 Å². The van der Waals surface area contributed by atoms with Gasteiger partial charge < -0.3 is 9.47 Å². The minimum atomic E-state index is -0.479. The second-order valence-electron chi connectivity index (χ2n) is 7.31. The number of ketones is 1. The first-order valence-corrected chi connectivity index (χ1v) is 8.72. The van der Waals surface area contributed by atoms with Crippen molar-refractivity contribution in [2.24, 2.45) is 17.8 Å². The van der Waals surface area contributed by atoms with Crippen molar-refractivity contribution in [2.45, 2.75) is 53.2 Å². The zero-order valence-corrected chi connectivity index (χ0v) is 15.3. The molecule has 5 atom stereocenters. The van der Waals surface area contributed by atoms with Gasteiger partial charge in [-0.05, 0) is 33.8 Å². The maximum atomic E-state index is 12.4. The molecule has 0 amide bonds. The lowest BCUT2D eigenvalue weighted by atomic mass is 9.79. The summed E-state index contributed by atoms with van der Waals surface area (Å²) < 4.78 is 11.4. The van der Waals surface area contributed by atoms with E-state index in [4.69, 9.17) is 9.47 Å². The largest absolute Gasteiger partial charge is 0.461 e. The summed E-state index contributed by atoms with van der Waals surface area (Å²) >= 11 is 0. The van der Waals surface area contributed by atoms with Crippen LogP contribution in [0.3, 0.4) is 0 Å². The maximum absolute atomic E-state index is 12.4. The van der Waals surface area contributed by atoms with Crippen LogP contribution in [0.25, 0.3) is 0 Å². The zero-order valence-electron chi connectivity index (χ0n) is 15.3. The Morgan fingerprint density at radius 2 is 2.00 bits per heavy atom. The number of carbonyl (C=O) groups is 3. The van der Waals surface area contributed by atoms with Crippen molar-refractivity contribution in [1.29, 1.82) is 0 Å². The molecule has 0 saturated carbocycles. The monoisotopic (exact) mass is 344 g/mol.